The lowest BCUT2D eigenvalue weighted by atomic mass is 10.1. The maximum absolute atomic E-state index is 11.5. The highest BCUT2D eigenvalue weighted by Crippen LogP contribution is 2.26. The monoisotopic (exact) mass is 424 g/mol. The van der Waals surface area contributed by atoms with E-state index in [1.807, 2.05) is 24.3 Å². The van der Waals surface area contributed by atoms with Crippen molar-refractivity contribution in [3.05, 3.63) is 24.3 Å². The Morgan fingerprint density at radius 1 is 1.03 bits per heavy atom. The van der Waals surface area contributed by atoms with E-state index in [2.05, 4.69) is 6.92 Å². The molecule has 1 N–H and O–H groups in total. The normalized spacial score (nSPS) is 18.8. The summed E-state index contributed by atoms with van der Waals surface area (Å²) < 4.78 is 28.6. The van der Waals surface area contributed by atoms with E-state index < -0.39 is 12.1 Å². The van der Waals surface area contributed by atoms with Gasteiger partial charge in [-0.15, -0.1) is 0 Å². The molecule has 1 heterocycles. The minimum Gasteiger partial charge on any atom is -0.487 e. The van der Waals surface area contributed by atoms with E-state index in [4.69, 9.17) is 23.7 Å². The second-order valence-electron chi connectivity index (χ2n) is 7.43. The largest absolute Gasteiger partial charge is 0.487 e. The Kier molecular flexibility index (Phi) is 12.3. The molecular formula is C23H36O7. The number of carboxylic acids is 1. The first kappa shape index (κ1) is 24.4. The molecule has 1 aromatic carbocycles. The number of para-hydroxylation sites is 2. The molecule has 170 valence electrons. The van der Waals surface area contributed by atoms with Crippen LogP contribution in [-0.2, 0) is 19.0 Å². The molecule has 0 bridgehead atoms. The van der Waals surface area contributed by atoms with Gasteiger partial charge in [-0.25, -0.2) is 4.79 Å². The van der Waals surface area contributed by atoms with Crippen molar-refractivity contribution in [3.63, 3.8) is 0 Å². The van der Waals surface area contributed by atoms with Crippen LogP contribution in [0.15, 0.2) is 24.3 Å². The average Bonchev–Trinajstić information content (AvgIpc) is 2.74. The van der Waals surface area contributed by atoms with Crippen molar-refractivity contribution in [2.24, 2.45) is 0 Å². The van der Waals surface area contributed by atoms with E-state index >= 15 is 0 Å². The van der Waals surface area contributed by atoms with Crippen molar-refractivity contribution in [1.29, 1.82) is 0 Å². The lowest BCUT2D eigenvalue weighted by molar-refractivity contribution is -0.155. The van der Waals surface area contributed by atoms with Gasteiger partial charge in [0, 0.05) is 0 Å². The number of carbonyl (C=O) groups is 1. The van der Waals surface area contributed by atoms with Crippen LogP contribution in [0.25, 0.3) is 0 Å². The number of ether oxygens (including phenoxy) is 5. The second-order valence-corrected chi connectivity index (χ2v) is 7.43. The smallest absolute Gasteiger partial charge is 0.332 e. The number of fused-ring (bicyclic) bond motifs is 1. The topological polar surface area (TPSA) is 83.5 Å². The highest BCUT2D eigenvalue weighted by Gasteiger charge is 2.21. The molecule has 0 amide bonds. The molecule has 7 heteroatoms. The number of rotatable bonds is 11. The zero-order valence-corrected chi connectivity index (χ0v) is 18.1. The molecular weight excluding hydrogens is 388 g/mol. The van der Waals surface area contributed by atoms with Gasteiger partial charge in [-0.2, -0.15) is 0 Å². The number of unbranched alkanes of at least 4 members (excludes halogenated alkanes) is 5. The first-order chi connectivity index (χ1) is 14.7. The molecule has 30 heavy (non-hydrogen) atoms. The van der Waals surface area contributed by atoms with Gasteiger partial charge in [0.25, 0.3) is 0 Å². The summed E-state index contributed by atoms with van der Waals surface area (Å²) in [5.41, 5.74) is 0. The molecule has 0 saturated heterocycles. The van der Waals surface area contributed by atoms with E-state index in [9.17, 15) is 9.90 Å². The SMILES string of the molecule is CCCCCCCCC(OCC1COCCOc2ccccc2OCCO1)C(=O)O. The van der Waals surface area contributed by atoms with Gasteiger partial charge in [0.05, 0.1) is 26.4 Å². The fourth-order valence-electron chi connectivity index (χ4n) is 3.24. The molecule has 2 rings (SSSR count). The molecule has 0 saturated carbocycles. The number of carboxylic acid groups (broad SMARTS) is 1. The van der Waals surface area contributed by atoms with Gasteiger partial charge in [-0.05, 0) is 18.6 Å². The summed E-state index contributed by atoms with van der Waals surface area (Å²) >= 11 is 0. The fraction of sp³-hybridized carbons (Fsp3) is 0.696. The molecule has 1 aliphatic rings. The predicted octanol–water partition coefficient (Wildman–Crippen LogP) is 4.08. The lowest BCUT2D eigenvalue weighted by Crippen LogP contribution is -2.33. The van der Waals surface area contributed by atoms with Crippen LogP contribution in [-0.4, -0.2) is 62.9 Å². The summed E-state index contributed by atoms with van der Waals surface area (Å²) in [5.74, 6) is 0.422. The molecule has 0 aromatic heterocycles. The van der Waals surface area contributed by atoms with Crippen molar-refractivity contribution in [2.75, 3.05) is 39.6 Å². The van der Waals surface area contributed by atoms with E-state index in [0.717, 1.165) is 19.3 Å². The third-order valence-corrected chi connectivity index (χ3v) is 4.91. The quantitative estimate of drug-likeness (QED) is 0.536. The summed E-state index contributed by atoms with van der Waals surface area (Å²) in [7, 11) is 0. The number of hydrogen-bond acceptors (Lipinski definition) is 6. The summed E-state index contributed by atoms with van der Waals surface area (Å²) in [6.45, 7) is 4.16. The third-order valence-electron chi connectivity index (χ3n) is 4.91. The van der Waals surface area contributed by atoms with Crippen molar-refractivity contribution < 1.29 is 33.6 Å². The van der Waals surface area contributed by atoms with Crippen LogP contribution in [0.1, 0.15) is 51.9 Å². The molecule has 2 atom stereocenters. The van der Waals surface area contributed by atoms with Gasteiger partial charge < -0.3 is 28.8 Å². The Labute approximate surface area is 179 Å². The number of aliphatic carboxylic acids is 1. The van der Waals surface area contributed by atoms with Gasteiger partial charge >= 0.3 is 5.97 Å². The van der Waals surface area contributed by atoms with Gasteiger partial charge in [0.2, 0.25) is 0 Å². The van der Waals surface area contributed by atoms with E-state index in [-0.39, 0.29) is 12.7 Å². The van der Waals surface area contributed by atoms with Gasteiger partial charge in [-0.3, -0.25) is 0 Å². The zero-order valence-electron chi connectivity index (χ0n) is 18.1. The molecule has 2 unspecified atom stereocenters. The summed E-state index contributed by atoms with van der Waals surface area (Å²) in [6, 6.07) is 7.48. The van der Waals surface area contributed by atoms with Crippen LogP contribution in [0.3, 0.4) is 0 Å². The Morgan fingerprint density at radius 2 is 1.70 bits per heavy atom. The Bertz CT molecular complexity index is 593. The minimum absolute atomic E-state index is 0.171. The van der Waals surface area contributed by atoms with Gasteiger partial charge in [0.15, 0.2) is 17.6 Å². The molecule has 0 aliphatic carbocycles. The maximum atomic E-state index is 11.5. The lowest BCUT2D eigenvalue weighted by Gasteiger charge is -2.22. The first-order valence-corrected chi connectivity index (χ1v) is 11.1. The highest BCUT2D eigenvalue weighted by molar-refractivity contribution is 5.72. The summed E-state index contributed by atoms with van der Waals surface area (Å²) in [6.07, 6.45) is 6.03. The maximum Gasteiger partial charge on any atom is 0.332 e. The molecule has 0 spiro atoms. The van der Waals surface area contributed by atoms with Crippen LogP contribution in [0, 0.1) is 0 Å². The van der Waals surface area contributed by atoms with Crippen LogP contribution in [0.4, 0.5) is 0 Å². The van der Waals surface area contributed by atoms with Crippen LogP contribution < -0.4 is 9.47 Å². The number of hydrogen-bond donors (Lipinski definition) is 1. The average molecular weight is 425 g/mol. The molecule has 0 radical (unpaired) electrons. The van der Waals surface area contributed by atoms with E-state index in [1.165, 1.54) is 19.3 Å². The Hall–Kier alpha value is -1.83. The fourth-order valence-corrected chi connectivity index (χ4v) is 3.24. The second kappa shape index (κ2) is 15.0. The van der Waals surface area contributed by atoms with Crippen LogP contribution in [0.5, 0.6) is 11.5 Å². The summed E-state index contributed by atoms with van der Waals surface area (Å²) in [5, 5.41) is 9.45. The van der Waals surface area contributed by atoms with Crippen LogP contribution in [0.2, 0.25) is 0 Å². The Balaban J connectivity index is 1.75. The van der Waals surface area contributed by atoms with Crippen molar-refractivity contribution in [1.82, 2.24) is 0 Å². The highest BCUT2D eigenvalue weighted by atomic mass is 16.6. The molecule has 1 aromatic rings. The molecule has 7 nitrogen and oxygen atoms in total. The molecule has 0 fully saturated rings. The Morgan fingerprint density at radius 3 is 2.40 bits per heavy atom. The minimum atomic E-state index is -0.925. The van der Waals surface area contributed by atoms with Crippen LogP contribution >= 0.6 is 0 Å². The zero-order chi connectivity index (χ0) is 21.4. The van der Waals surface area contributed by atoms with Crippen molar-refractivity contribution >= 4 is 5.97 Å². The third kappa shape index (κ3) is 9.78. The van der Waals surface area contributed by atoms with Crippen molar-refractivity contribution in [3.8, 4) is 11.5 Å². The number of benzene rings is 1. The molecule has 1 aliphatic heterocycles. The first-order valence-electron chi connectivity index (χ1n) is 11.1. The summed E-state index contributed by atoms with van der Waals surface area (Å²) in [4.78, 5) is 11.5. The van der Waals surface area contributed by atoms with Gasteiger partial charge in [-0.1, -0.05) is 57.6 Å². The standard InChI is InChI=1S/C23H36O7/c1-2-3-4-5-6-7-12-22(23(24)25)30-18-19-17-26-13-14-28-20-10-8-9-11-21(20)29-16-15-27-19/h8-11,19,22H,2-7,12-18H2,1H3,(H,24,25). The van der Waals surface area contributed by atoms with Gasteiger partial charge in [0.1, 0.15) is 19.3 Å². The van der Waals surface area contributed by atoms with E-state index in [1.54, 1.807) is 0 Å². The predicted molar refractivity (Wildman–Crippen MR) is 113 cm³/mol. The van der Waals surface area contributed by atoms with Crippen molar-refractivity contribution in [2.45, 2.75) is 64.1 Å². The van der Waals surface area contributed by atoms with E-state index in [0.29, 0.717) is 51.0 Å².